The van der Waals surface area contributed by atoms with Crippen LogP contribution in [0.4, 0.5) is 0 Å². The molecule has 0 saturated heterocycles. The molecule has 2 aromatic rings. The predicted octanol–water partition coefficient (Wildman–Crippen LogP) is 3.80. The number of methoxy groups -OCH3 is 1. The molecule has 106 valence electrons. The first-order chi connectivity index (χ1) is 10.1. The van der Waals surface area contributed by atoms with Gasteiger partial charge in [-0.15, -0.1) is 0 Å². The lowest BCUT2D eigenvalue weighted by Gasteiger charge is -2.11. The van der Waals surface area contributed by atoms with E-state index in [0.717, 1.165) is 16.7 Å². The monoisotopic (exact) mass is 279 g/mol. The smallest absolute Gasteiger partial charge is 0.184 e. The molecule has 0 spiro atoms. The highest BCUT2D eigenvalue weighted by molar-refractivity contribution is 6.03. The van der Waals surface area contributed by atoms with Crippen LogP contribution >= 0.6 is 0 Å². The summed E-state index contributed by atoms with van der Waals surface area (Å²) in [5.74, 6) is -0.395. The molecule has 0 aliphatic carbocycles. The van der Waals surface area contributed by atoms with Gasteiger partial charge in [0.2, 0.25) is 0 Å². The molecule has 0 amide bonds. The van der Waals surface area contributed by atoms with Gasteiger partial charge in [0.15, 0.2) is 5.78 Å². The SMILES string of the molecule is COc1cccc(C(=O)C(C#N)c2ccc(C)c(C)c2)c1. The number of carbonyl (C=O) groups is 1. The fourth-order valence-electron chi connectivity index (χ4n) is 2.17. The van der Waals surface area contributed by atoms with Crippen molar-refractivity contribution >= 4 is 5.78 Å². The van der Waals surface area contributed by atoms with Crippen LogP contribution in [0.2, 0.25) is 0 Å². The minimum absolute atomic E-state index is 0.209. The third kappa shape index (κ3) is 3.11. The molecule has 1 atom stereocenters. The molecule has 1 unspecified atom stereocenters. The summed E-state index contributed by atoms with van der Waals surface area (Å²) in [4.78, 5) is 12.6. The Morgan fingerprint density at radius 2 is 1.90 bits per heavy atom. The standard InChI is InChI=1S/C18H17NO2/c1-12-7-8-14(9-13(12)2)17(11-19)18(20)15-5-4-6-16(10-15)21-3/h4-10,17H,1-3H3. The highest BCUT2D eigenvalue weighted by Crippen LogP contribution is 2.24. The zero-order chi connectivity index (χ0) is 15.4. The maximum Gasteiger partial charge on any atom is 0.184 e. The van der Waals surface area contributed by atoms with E-state index in [4.69, 9.17) is 4.74 Å². The molecular weight excluding hydrogens is 262 g/mol. The topological polar surface area (TPSA) is 50.1 Å². The molecular formula is C18H17NO2. The molecule has 0 radical (unpaired) electrons. The van der Waals surface area contributed by atoms with Gasteiger partial charge in [-0.25, -0.2) is 0 Å². The second kappa shape index (κ2) is 6.23. The maximum atomic E-state index is 12.6. The highest BCUT2D eigenvalue weighted by atomic mass is 16.5. The van der Waals surface area contributed by atoms with Gasteiger partial charge in [0.1, 0.15) is 11.7 Å². The molecule has 2 rings (SSSR count). The first-order valence-electron chi connectivity index (χ1n) is 6.72. The van der Waals surface area contributed by atoms with Crippen LogP contribution in [0.1, 0.15) is 33.0 Å². The van der Waals surface area contributed by atoms with Crippen molar-refractivity contribution < 1.29 is 9.53 Å². The minimum atomic E-state index is -0.795. The van der Waals surface area contributed by atoms with Gasteiger partial charge in [-0.05, 0) is 42.7 Å². The molecule has 0 fully saturated rings. The quantitative estimate of drug-likeness (QED) is 0.800. The average molecular weight is 279 g/mol. The van der Waals surface area contributed by atoms with Gasteiger partial charge in [0.25, 0.3) is 0 Å². The molecule has 3 heteroatoms. The molecule has 0 aliphatic heterocycles. The van der Waals surface area contributed by atoms with Crippen LogP contribution in [0.25, 0.3) is 0 Å². The Morgan fingerprint density at radius 1 is 1.14 bits per heavy atom. The summed E-state index contributed by atoms with van der Waals surface area (Å²) in [7, 11) is 1.55. The van der Waals surface area contributed by atoms with Gasteiger partial charge in [0.05, 0.1) is 13.2 Å². The van der Waals surface area contributed by atoms with Gasteiger partial charge < -0.3 is 4.74 Å². The number of nitriles is 1. The lowest BCUT2D eigenvalue weighted by molar-refractivity contribution is 0.0978. The van der Waals surface area contributed by atoms with E-state index in [1.165, 1.54) is 0 Å². The number of ketones is 1. The summed E-state index contributed by atoms with van der Waals surface area (Å²) < 4.78 is 5.12. The Labute approximate surface area is 124 Å². The van der Waals surface area contributed by atoms with Gasteiger partial charge in [-0.1, -0.05) is 30.3 Å². The summed E-state index contributed by atoms with van der Waals surface area (Å²) in [6.07, 6.45) is 0. The van der Waals surface area contributed by atoms with Crippen molar-refractivity contribution in [3.8, 4) is 11.8 Å². The Hall–Kier alpha value is -2.60. The van der Waals surface area contributed by atoms with E-state index in [1.54, 1.807) is 31.4 Å². The first kappa shape index (κ1) is 14.8. The second-order valence-electron chi connectivity index (χ2n) is 5.00. The fourth-order valence-corrected chi connectivity index (χ4v) is 2.17. The van der Waals surface area contributed by atoms with Gasteiger partial charge in [-0.3, -0.25) is 4.79 Å². The van der Waals surface area contributed by atoms with E-state index >= 15 is 0 Å². The maximum absolute atomic E-state index is 12.6. The number of Topliss-reactive ketones (excluding diaryl/α,β-unsaturated/α-hetero) is 1. The second-order valence-corrected chi connectivity index (χ2v) is 5.00. The van der Waals surface area contributed by atoms with E-state index < -0.39 is 5.92 Å². The van der Waals surface area contributed by atoms with Crippen molar-refractivity contribution in [1.29, 1.82) is 5.26 Å². The predicted molar refractivity (Wildman–Crippen MR) is 81.6 cm³/mol. The number of hydrogen-bond acceptors (Lipinski definition) is 3. The van der Waals surface area contributed by atoms with Crippen LogP contribution in [0.3, 0.4) is 0 Å². The summed E-state index contributed by atoms with van der Waals surface area (Å²) in [6, 6.07) is 14.7. The van der Waals surface area contributed by atoms with Crippen LogP contribution in [0.5, 0.6) is 5.75 Å². The van der Waals surface area contributed by atoms with Crippen molar-refractivity contribution in [3.63, 3.8) is 0 Å². The number of ether oxygens (including phenoxy) is 1. The lowest BCUT2D eigenvalue weighted by Crippen LogP contribution is -2.11. The Kier molecular flexibility index (Phi) is 4.39. The van der Waals surface area contributed by atoms with Gasteiger partial charge >= 0.3 is 0 Å². The number of benzene rings is 2. The third-order valence-electron chi connectivity index (χ3n) is 3.61. The summed E-state index contributed by atoms with van der Waals surface area (Å²) in [5, 5.41) is 9.40. The zero-order valence-electron chi connectivity index (χ0n) is 12.4. The lowest BCUT2D eigenvalue weighted by atomic mass is 9.90. The molecule has 0 aliphatic rings. The van der Waals surface area contributed by atoms with Gasteiger partial charge in [-0.2, -0.15) is 5.26 Å². The minimum Gasteiger partial charge on any atom is -0.497 e. The van der Waals surface area contributed by atoms with Crippen molar-refractivity contribution in [2.24, 2.45) is 0 Å². The van der Waals surface area contributed by atoms with Crippen LogP contribution in [-0.2, 0) is 0 Å². The summed E-state index contributed by atoms with van der Waals surface area (Å²) >= 11 is 0. The van der Waals surface area contributed by atoms with E-state index in [1.807, 2.05) is 32.0 Å². The molecule has 0 bridgehead atoms. The van der Waals surface area contributed by atoms with E-state index in [2.05, 4.69) is 6.07 Å². The number of aryl methyl sites for hydroxylation is 2. The molecule has 0 aromatic heterocycles. The van der Waals surface area contributed by atoms with E-state index in [-0.39, 0.29) is 5.78 Å². The number of carbonyl (C=O) groups excluding carboxylic acids is 1. The largest absolute Gasteiger partial charge is 0.497 e. The van der Waals surface area contributed by atoms with E-state index in [9.17, 15) is 10.1 Å². The molecule has 2 aromatic carbocycles. The van der Waals surface area contributed by atoms with E-state index in [0.29, 0.717) is 11.3 Å². The Balaban J connectivity index is 2.38. The van der Waals surface area contributed by atoms with Crippen LogP contribution < -0.4 is 4.74 Å². The molecule has 0 N–H and O–H groups in total. The average Bonchev–Trinajstić information content (AvgIpc) is 2.51. The first-order valence-corrected chi connectivity index (χ1v) is 6.72. The highest BCUT2D eigenvalue weighted by Gasteiger charge is 2.22. The zero-order valence-corrected chi connectivity index (χ0v) is 12.4. The van der Waals surface area contributed by atoms with Crippen molar-refractivity contribution in [3.05, 3.63) is 64.7 Å². The molecule has 0 saturated carbocycles. The molecule has 21 heavy (non-hydrogen) atoms. The van der Waals surface area contributed by atoms with Crippen molar-refractivity contribution in [2.75, 3.05) is 7.11 Å². The molecule has 0 heterocycles. The van der Waals surface area contributed by atoms with Gasteiger partial charge in [0, 0.05) is 5.56 Å². The number of rotatable bonds is 4. The summed E-state index contributed by atoms with van der Waals surface area (Å²) in [5.41, 5.74) is 3.43. The van der Waals surface area contributed by atoms with Crippen LogP contribution in [-0.4, -0.2) is 12.9 Å². The number of hydrogen-bond donors (Lipinski definition) is 0. The van der Waals surface area contributed by atoms with Crippen LogP contribution in [0.15, 0.2) is 42.5 Å². The molecule has 3 nitrogen and oxygen atoms in total. The normalized spacial score (nSPS) is 11.5. The Morgan fingerprint density at radius 3 is 2.52 bits per heavy atom. The van der Waals surface area contributed by atoms with Crippen molar-refractivity contribution in [1.82, 2.24) is 0 Å². The van der Waals surface area contributed by atoms with Crippen molar-refractivity contribution in [2.45, 2.75) is 19.8 Å². The fraction of sp³-hybridized carbons (Fsp3) is 0.222. The summed E-state index contributed by atoms with van der Waals surface area (Å²) in [6.45, 7) is 3.98. The third-order valence-corrected chi connectivity index (χ3v) is 3.61. The Bertz CT molecular complexity index is 713. The number of nitrogens with zero attached hydrogens (tertiary/aromatic N) is 1. The van der Waals surface area contributed by atoms with Crippen LogP contribution in [0, 0.1) is 25.2 Å².